The molecule has 2 aliphatic rings. The molecule has 1 aliphatic carbocycles. The molecule has 0 atom stereocenters. The van der Waals surface area contributed by atoms with Crippen molar-refractivity contribution >= 4 is 11.7 Å². The quantitative estimate of drug-likeness (QED) is 0.817. The van der Waals surface area contributed by atoms with Crippen LogP contribution in [0.3, 0.4) is 0 Å². The van der Waals surface area contributed by atoms with Gasteiger partial charge >= 0.3 is 6.03 Å². The molecule has 1 aliphatic heterocycles. The van der Waals surface area contributed by atoms with E-state index in [1.807, 2.05) is 34.1 Å². The minimum Gasteiger partial charge on any atom is -0.497 e. The van der Waals surface area contributed by atoms with Gasteiger partial charge in [0.1, 0.15) is 5.75 Å². The Hall–Kier alpha value is -1.71. The first-order chi connectivity index (χ1) is 8.78. The lowest BCUT2D eigenvalue weighted by Gasteiger charge is -2.18. The van der Waals surface area contributed by atoms with Crippen molar-refractivity contribution in [3.05, 3.63) is 24.3 Å². The molecule has 0 aromatic heterocycles. The van der Waals surface area contributed by atoms with E-state index in [4.69, 9.17) is 4.74 Å². The second-order valence-electron chi connectivity index (χ2n) is 5.02. The molecule has 0 bridgehead atoms. The summed E-state index contributed by atoms with van der Waals surface area (Å²) in [5.74, 6) is 1.57. The normalized spacial score (nSPS) is 19.5. The summed E-state index contributed by atoms with van der Waals surface area (Å²) in [5.41, 5.74) is 0.957. The lowest BCUT2D eigenvalue weighted by molar-refractivity contribution is 0.218. The molecule has 2 fully saturated rings. The third-order valence-corrected chi connectivity index (χ3v) is 3.65. The van der Waals surface area contributed by atoms with E-state index < -0.39 is 0 Å². The standard InChI is InChI=1S/C14H18N2O2/c1-18-13-6-4-12(5-7-13)16-9-8-15(14(16)17)10-11-2-3-11/h4-7,11H,2-3,8-10H2,1H3. The van der Waals surface area contributed by atoms with Crippen LogP contribution < -0.4 is 9.64 Å². The number of methoxy groups -OCH3 is 1. The van der Waals surface area contributed by atoms with Gasteiger partial charge in [-0.05, 0) is 43.0 Å². The number of nitrogens with zero attached hydrogens (tertiary/aromatic N) is 2. The molecule has 1 aromatic carbocycles. The first kappa shape index (κ1) is 11.4. The Bertz CT molecular complexity index is 440. The van der Waals surface area contributed by atoms with Crippen LogP contribution in [0, 0.1) is 5.92 Å². The van der Waals surface area contributed by atoms with Crippen LogP contribution in [0.2, 0.25) is 0 Å². The maximum atomic E-state index is 12.2. The predicted molar refractivity (Wildman–Crippen MR) is 70.0 cm³/mol. The van der Waals surface area contributed by atoms with Gasteiger partial charge in [0.05, 0.1) is 7.11 Å². The first-order valence-corrected chi connectivity index (χ1v) is 6.48. The molecule has 18 heavy (non-hydrogen) atoms. The zero-order chi connectivity index (χ0) is 12.5. The third-order valence-electron chi connectivity index (χ3n) is 3.65. The van der Waals surface area contributed by atoms with E-state index in [-0.39, 0.29) is 6.03 Å². The van der Waals surface area contributed by atoms with E-state index in [1.165, 1.54) is 12.8 Å². The molecule has 0 radical (unpaired) electrons. The van der Waals surface area contributed by atoms with E-state index in [2.05, 4.69) is 0 Å². The number of carbonyl (C=O) groups excluding carboxylic acids is 1. The zero-order valence-electron chi connectivity index (χ0n) is 10.6. The second-order valence-corrected chi connectivity index (χ2v) is 5.02. The Balaban J connectivity index is 1.69. The van der Waals surface area contributed by atoms with Crippen LogP contribution in [0.5, 0.6) is 5.75 Å². The van der Waals surface area contributed by atoms with E-state index in [0.29, 0.717) is 0 Å². The summed E-state index contributed by atoms with van der Waals surface area (Å²) in [5, 5.41) is 0. The largest absolute Gasteiger partial charge is 0.497 e. The maximum absolute atomic E-state index is 12.2. The van der Waals surface area contributed by atoms with Crippen LogP contribution in [-0.4, -0.2) is 37.7 Å². The lowest BCUT2D eigenvalue weighted by atomic mass is 10.3. The van der Waals surface area contributed by atoms with E-state index >= 15 is 0 Å². The molecule has 4 heteroatoms. The minimum absolute atomic E-state index is 0.145. The lowest BCUT2D eigenvalue weighted by Crippen LogP contribution is -2.33. The molecule has 1 aromatic rings. The van der Waals surface area contributed by atoms with Gasteiger partial charge in [-0.15, -0.1) is 0 Å². The number of hydrogen-bond donors (Lipinski definition) is 0. The maximum Gasteiger partial charge on any atom is 0.324 e. The summed E-state index contributed by atoms with van der Waals surface area (Å²) in [6, 6.07) is 7.82. The fourth-order valence-electron chi connectivity index (χ4n) is 2.37. The van der Waals surface area contributed by atoms with Gasteiger partial charge in [-0.3, -0.25) is 4.90 Å². The third kappa shape index (κ3) is 2.15. The summed E-state index contributed by atoms with van der Waals surface area (Å²) in [7, 11) is 1.65. The molecule has 2 amide bonds. The van der Waals surface area contributed by atoms with Gasteiger partial charge in [0, 0.05) is 25.3 Å². The minimum atomic E-state index is 0.145. The smallest absolute Gasteiger partial charge is 0.324 e. The molecular formula is C14H18N2O2. The molecule has 1 heterocycles. The summed E-state index contributed by atoms with van der Waals surface area (Å²) < 4.78 is 5.13. The van der Waals surface area contributed by atoms with Crippen molar-refractivity contribution in [1.29, 1.82) is 0 Å². The van der Waals surface area contributed by atoms with E-state index in [0.717, 1.165) is 37.0 Å². The van der Waals surface area contributed by atoms with Crippen LogP contribution in [0.25, 0.3) is 0 Å². The number of amides is 2. The summed E-state index contributed by atoms with van der Waals surface area (Å²) >= 11 is 0. The van der Waals surface area contributed by atoms with E-state index in [9.17, 15) is 4.79 Å². The second kappa shape index (κ2) is 4.52. The van der Waals surface area contributed by atoms with Crippen LogP contribution in [-0.2, 0) is 0 Å². The summed E-state index contributed by atoms with van der Waals surface area (Å²) in [6.45, 7) is 2.57. The number of hydrogen-bond acceptors (Lipinski definition) is 2. The Kier molecular flexibility index (Phi) is 2.86. The molecular weight excluding hydrogens is 228 g/mol. The van der Waals surface area contributed by atoms with Crippen LogP contribution in [0.1, 0.15) is 12.8 Å². The fourth-order valence-corrected chi connectivity index (χ4v) is 2.37. The summed E-state index contributed by atoms with van der Waals surface area (Å²) in [6.07, 6.45) is 2.57. The highest BCUT2D eigenvalue weighted by Gasteiger charge is 2.33. The van der Waals surface area contributed by atoms with Crippen molar-refractivity contribution < 1.29 is 9.53 Å². The van der Waals surface area contributed by atoms with Gasteiger partial charge in [0.15, 0.2) is 0 Å². The van der Waals surface area contributed by atoms with Crippen LogP contribution >= 0.6 is 0 Å². The molecule has 1 saturated carbocycles. The van der Waals surface area contributed by atoms with E-state index in [1.54, 1.807) is 7.11 Å². The van der Waals surface area contributed by atoms with Gasteiger partial charge in [-0.2, -0.15) is 0 Å². The average Bonchev–Trinajstić information content (AvgIpc) is 3.15. The van der Waals surface area contributed by atoms with Crippen molar-refractivity contribution in [3.63, 3.8) is 0 Å². The Morgan fingerprint density at radius 2 is 1.94 bits per heavy atom. The molecule has 0 N–H and O–H groups in total. The van der Waals surface area contributed by atoms with Gasteiger partial charge in [0.2, 0.25) is 0 Å². The number of rotatable bonds is 4. The monoisotopic (exact) mass is 246 g/mol. The highest BCUT2D eigenvalue weighted by molar-refractivity contribution is 5.94. The highest BCUT2D eigenvalue weighted by Crippen LogP contribution is 2.31. The van der Waals surface area contributed by atoms with Crippen molar-refractivity contribution in [2.45, 2.75) is 12.8 Å². The molecule has 96 valence electrons. The number of anilines is 1. The average molecular weight is 246 g/mol. The van der Waals surface area contributed by atoms with Gasteiger partial charge in [-0.25, -0.2) is 4.79 Å². The number of carbonyl (C=O) groups is 1. The topological polar surface area (TPSA) is 32.8 Å². The fraction of sp³-hybridized carbons (Fsp3) is 0.500. The first-order valence-electron chi connectivity index (χ1n) is 6.48. The zero-order valence-corrected chi connectivity index (χ0v) is 10.6. The Morgan fingerprint density at radius 1 is 1.22 bits per heavy atom. The van der Waals surface area contributed by atoms with Crippen molar-refractivity contribution in [1.82, 2.24) is 4.90 Å². The SMILES string of the molecule is COc1ccc(N2CCN(CC3CC3)C2=O)cc1. The molecule has 4 nitrogen and oxygen atoms in total. The van der Waals surface area contributed by atoms with Gasteiger partial charge in [-0.1, -0.05) is 0 Å². The van der Waals surface area contributed by atoms with Crippen molar-refractivity contribution in [2.75, 3.05) is 31.6 Å². The van der Waals surface area contributed by atoms with Crippen LogP contribution in [0.4, 0.5) is 10.5 Å². The number of benzene rings is 1. The Labute approximate surface area is 107 Å². The van der Waals surface area contributed by atoms with Gasteiger partial charge < -0.3 is 9.64 Å². The van der Waals surface area contributed by atoms with Crippen LogP contribution in [0.15, 0.2) is 24.3 Å². The number of urea groups is 1. The molecule has 0 unspecified atom stereocenters. The van der Waals surface area contributed by atoms with Gasteiger partial charge in [0.25, 0.3) is 0 Å². The number of ether oxygens (including phenoxy) is 1. The summed E-state index contributed by atoms with van der Waals surface area (Å²) in [4.78, 5) is 16.1. The van der Waals surface area contributed by atoms with Crippen molar-refractivity contribution in [3.8, 4) is 5.75 Å². The molecule has 1 saturated heterocycles. The molecule has 3 rings (SSSR count). The predicted octanol–water partition coefficient (Wildman–Crippen LogP) is 2.35. The van der Waals surface area contributed by atoms with Crippen molar-refractivity contribution in [2.24, 2.45) is 5.92 Å². The Morgan fingerprint density at radius 3 is 2.56 bits per heavy atom. The molecule has 0 spiro atoms. The highest BCUT2D eigenvalue weighted by atomic mass is 16.5.